The van der Waals surface area contributed by atoms with Crippen LogP contribution in [0.5, 0.6) is 0 Å². The molecular formula is C28H38O7. The van der Waals surface area contributed by atoms with Crippen LogP contribution in [0.25, 0.3) is 0 Å². The van der Waals surface area contributed by atoms with Crippen molar-refractivity contribution in [2.45, 2.75) is 85.4 Å². The molecule has 0 aromatic carbocycles. The molecule has 4 rings (SSSR count). The highest BCUT2D eigenvalue weighted by Gasteiger charge is 2.74. The molecule has 8 atom stereocenters. The number of Topliss-reactive ketones (excluding diaryl/α,β-unsaturated/α-hetero) is 1. The number of hydrogen-bond acceptors (Lipinski definition) is 7. The maximum absolute atomic E-state index is 13.7. The van der Waals surface area contributed by atoms with Crippen molar-refractivity contribution in [3.63, 3.8) is 0 Å². The SMILES string of the molecule is CCC(=O)O[C@]1(C(=O)COC(C)=O)CC[C@H]2C3(C)C[C@H](C)C4=CC(=O)C=C[C@]4(C)[C@H]3[C@@H](O)C[C@@]21C. The number of fused-ring (bicyclic) bond motifs is 5. The predicted molar refractivity (Wildman–Crippen MR) is 128 cm³/mol. The number of aliphatic hydroxyl groups excluding tert-OH is 1. The fourth-order valence-electron chi connectivity index (χ4n) is 8.83. The van der Waals surface area contributed by atoms with Crippen molar-refractivity contribution < 1.29 is 33.8 Å². The monoisotopic (exact) mass is 486 g/mol. The molecule has 0 aromatic heterocycles. The first kappa shape index (κ1) is 25.8. The molecule has 0 bridgehead atoms. The van der Waals surface area contributed by atoms with Gasteiger partial charge in [-0.15, -0.1) is 0 Å². The van der Waals surface area contributed by atoms with Gasteiger partial charge in [-0.2, -0.15) is 0 Å². The molecule has 3 saturated carbocycles. The van der Waals surface area contributed by atoms with Crippen LogP contribution >= 0.6 is 0 Å². The van der Waals surface area contributed by atoms with Gasteiger partial charge in [0.1, 0.15) is 0 Å². The summed E-state index contributed by atoms with van der Waals surface area (Å²) in [6.45, 7) is 10.9. The molecule has 0 saturated heterocycles. The lowest BCUT2D eigenvalue weighted by molar-refractivity contribution is -0.217. The summed E-state index contributed by atoms with van der Waals surface area (Å²) >= 11 is 0. The number of carbonyl (C=O) groups excluding carboxylic acids is 4. The maximum Gasteiger partial charge on any atom is 0.306 e. The zero-order valence-corrected chi connectivity index (χ0v) is 21.7. The van der Waals surface area contributed by atoms with E-state index < -0.39 is 46.9 Å². The first-order valence-electron chi connectivity index (χ1n) is 12.8. The molecule has 7 heteroatoms. The van der Waals surface area contributed by atoms with Crippen molar-refractivity contribution in [3.8, 4) is 0 Å². The molecule has 0 radical (unpaired) electrons. The first-order chi connectivity index (χ1) is 16.2. The molecule has 35 heavy (non-hydrogen) atoms. The number of rotatable bonds is 5. The quantitative estimate of drug-likeness (QED) is 0.590. The molecule has 0 amide bonds. The molecule has 0 aliphatic heterocycles. The Kier molecular flexibility index (Phi) is 6.19. The van der Waals surface area contributed by atoms with E-state index in [1.54, 1.807) is 19.1 Å². The van der Waals surface area contributed by atoms with Crippen LogP contribution < -0.4 is 0 Å². The van der Waals surface area contributed by atoms with Gasteiger partial charge >= 0.3 is 11.9 Å². The Morgan fingerprint density at radius 2 is 1.86 bits per heavy atom. The van der Waals surface area contributed by atoms with Gasteiger partial charge in [0.2, 0.25) is 5.78 Å². The molecule has 0 aromatic rings. The highest BCUT2D eigenvalue weighted by Crippen LogP contribution is 2.73. The number of ether oxygens (including phenoxy) is 2. The molecule has 1 unspecified atom stereocenters. The maximum atomic E-state index is 13.7. The first-order valence-corrected chi connectivity index (χ1v) is 12.8. The van der Waals surface area contributed by atoms with Crippen molar-refractivity contribution in [1.82, 2.24) is 0 Å². The van der Waals surface area contributed by atoms with Gasteiger partial charge in [0, 0.05) is 30.1 Å². The van der Waals surface area contributed by atoms with E-state index in [2.05, 4.69) is 20.8 Å². The van der Waals surface area contributed by atoms with Crippen LogP contribution in [0, 0.1) is 34.0 Å². The number of ketones is 2. The Bertz CT molecular complexity index is 1030. The fourth-order valence-corrected chi connectivity index (χ4v) is 8.83. The minimum atomic E-state index is -1.46. The van der Waals surface area contributed by atoms with Crippen molar-refractivity contribution in [2.24, 2.45) is 34.0 Å². The van der Waals surface area contributed by atoms with Gasteiger partial charge in [0.15, 0.2) is 18.0 Å². The summed E-state index contributed by atoms with van der Waals surface area (Å²) in [5, 5.41) is 11.8. The highest BCUT2D eigenvalue weighted by atomic mass is 16.6. The number of allylic oxidation sites excluding steroid dienone is 4. The molecule has 4 aliphatic rings. The highest BCUT2D eigenvalue weighted by molar-refractivity contribution is 6.01. The van der Waals surface area contributed by atoms with Crippen molar-refractivity contribution in [2.75, 3.05) is 6.61 Å². The van der Waals surface area contributed by atoms with Crippen molar-refractivity contribution in [3.05, 3.63) is 23.8 Å². The summed E-state index contributed by atoms with van der Waals surface area (Å²) in [5.74, 6) is -1.54. The van der Waals surface area contributed by atoms with E-state index >= 15 is 0 Å². The van der Waals surface area contributed by atoms with E-state index in [0.717, 1.165) is 12.0 Å². The lowest BCUT2D eigenvalue weighted by Crippen LogP contribution is -2.66. The zero-order valence-electron chi connectivity index (χ0n) is 21.7. The molecule has 192 valence electrons. The summed E-state index contributed by atoms with van der Waals surface area (Å²) in [5.41, 5.74) is -2.08. The van der Waals surface area contributed by atoms with Gasteiger partial charge in [-0.3, -0.25) is 19.2 Å². The largest absolute Gasteiger partial charge is 0.458 e. The topological polar surface area (TPSA) is 107 Å². The molecule has 3 fully saturated rings. The Balaban J connectivity index is 1.81. The Morgan fingerprint density at radius 3 is 2.49 bits per heavy atom. The summed E-state index contributed by atoms with van der Waals surface area (Å²) in [6.07, 6.45) is 6.66. The second kappa shape index (κ2) is 8.39. The number of hydrogen-bond donors (Lipinski definition) is 1. The summed E-state index contributed by atoms with van der Waals surface area (Å²) in [7, 11) is 0. The van der Waals surface area contributed by atoms with Gasteiger partial charge in [0.25, 0.3) is 0 Å². The zero-order chi connectivity index (χ0) is 26.0. The molecule has 0 heterocycles. The molecular weight excluding hydrogens is 448 g/mol. The van der Waals surface area contributed by atoms with E-state index in [1.165, 1.54) is 6.92 Å². The third-order valence-electron chi connectivity index (χ3n) is 9.87. The lowest BCUT2D eigenvalue weighted by atomic mass is 9.39. The van der Waals surface area contributed by atoms with Crippen LogP contribution in [0.3, 0.4) is 0 Å². The Morgan fingerprint density at radius 1 is 1.17 bits per heavy atom. The van der Waals surface area contributed by atoms with Crippen LogP contribution in [-0.4, -0.2) is 46.9 Å². The average Bonchev–Trinajstić information content (AvgIpc) is 3.06. The molecule has 0 spiro atoms. The minimum Gasteiger partial charge on any atom is -0.458 e. The van der Waals surface area contributed by atoms with Crippen LogP contribution in [0.1, 0.15) is 73.6 Å². The standard InChI is InChI=1S/C28H38O7/c1-7-23(33)35-28(22(32)15-34-17(3)29)11-9-21-26(5)13-16(2)19-12-18(30)8-10-25(19,4)24(26)20(31)14-27(21,28)6/h8,10,12,16,20-21,24,31H,7,9,11,13-15H2,1-6H3/t16-,20-,21-,24+,25-,26?,27-,28-/m0/s1. The lowest BCUT2D eigenvalue weighted by Gasteiger charge is -2.66. The van der Waals surface area contributed by atoms with Crippen LogP contribution in [0.15, 0.2) is 23.8 Å². The van der Waals surface area contributed by atoms with E-state index in [0.29, 0.717) is 12.8 Å². The van der Waals surface area contributed by atoms with Gasteiger partial charge in [-0.25, -0.2) is 0 Å². The number of aliphatic hydroxyl groups is 1. The second-order valence-electron chi connectivity index (χ2n) is 11.8. The number of esters is 2. The number of carbonyl (C=O) groups is 4. The van der Waals surface area contributed by atoms with Crippen LogP contribution in [0.2, 0.25) is 0 Å². The van der Waals surface area contributed by atoms with Crippen molar-refractivity contribution in [1.29, 1.82) is 0 Å². The minimum absolute atomic E-state index is 0.0128. The van der Waals surface area contributed by atoms with Gasteiger partial charge < -0.3 is 14.6 Å². The molecule has 1 N–H and O–H groups in total. The third-order valence-corrected chi connectivity index (χ3v) is 9.87. The molecule has 7 nitrogen and oxygen atoms in total. The van der Waals surface area contributed by atoms with E-state index in [1.807, 2.05) is 13.0 Å². The second-order valence-corrected chi connectivity index (χ2v) is 11.8. The predicted octanol–water partition coefficient (Wildman–Crippen LogP) is 3.73. The van der Waals surface area contributed by atoms with E-state index in [-0.39, 0.29) is 41.8 Å². The summed E-state index contributed by atoms with van der Waals surface area (Å²) < 4.78 is 11.1. The third kappa shape index (κ3) is 3.56. The summed E-state index contributed by atoms with van der Waals surface area (Å²) in [6, 6.07) is 0. The Hall–Kier alpha value is -2.28. The fraction of sp³-hybridized carbons (Fsp3) is 0.714. The van der Waals surface area contributed by atoms with Gasteiger partial charge in [-0.1, -0.05) is 46.3 Å². The van der Waals surface area contributed by atoms with Crippen molar-refractivity contribution >= 4 is 23.5 Å². The average molecular weight is 487 g/mol. The Labute approximate surface area is 207 Å². The van der Waals surface area contributed by atoms with Crippen LogP contribution in [-0.2, 0) is 28.7 Å². The van der Waals surface area contributed by atoms with Gasteiger partial charge in [-0.05, 0) is 55.1 Å². The molecule has 4 aliphatic carbocycles. The van der Waals surface area contributed by atoms with Crippen LogP contribution in [0.4, 0.5) is 0 Å². The van der Waals surface area contributed by atoms with Gasteiger partial charge in [0.05, 0.1) is 6.10 Å². The van der Waals surface area contributed by atoms with E-state index in [4.69, 9.17) is 9.47 Å². The smallest absolute Gasteiger partial charge is 0.306 e. The summed E-state index contributed by atoms with van der Waals surface area (Å²) in [4.78, 5) is 49.9. The van der Waals surface area contributed by atoms with E-state index in [9.17, 15) is 24.3 Å². The normalized spacial score (nSPS) is 44.0.